The number of ether oxygens (including phenoxy) is 1. The Kier molecular flexibility index (Phi) is 5.33. The van der Waals surface area contributed by atoms with E-state index in [1.165, 1.54) is 0 Å². The molecule has 0 fully saturated rings. The first-order chi connectivity index (χ1) is 14.2. The van der Waals surface area contributed by atoms with Crippen molar-refractivity contribution < 1.29 is 4.74 Å². The topological polar surface area (TPSA) is 86.0 Å². The summed E-state index contributed by atoms with van der Waals surface area (Å²) in [6, 6.07) is 23.0. The highest BCUT2D eigenvalue weighted by Gasteiger charge is 2.06. The normalized spacial score (nSPS) is 10.5. The maximum atomic E-state index is 5.97. The summed E-state index contributed by atoms with van der Waals surface area (Å²) in [6.45, 7) is 2.06. The molecule has 4 rings (SSSR count). The Morgan fingerprint density at radius 1 is 0.897 bits per heavy atom. The number of benzene rings is 2. The number of pyridine rings is 1. The molecule has 0 aliphatic rings. The van der Waals surface area contributed by atoms with Crippen molar-refractivity contribution in [1.29, 1.82) is 0 Å². The Morgan fingerprint density at radius 2 is 1.69 bits per heavy atom. The second-order valence-corrected chi connectivity index (χ2v) is 6.46. The molecule has 0 radical (unpaired) electrons. The maximum absolute atomic E-state index is 5.97. The molecular weight excluding hydrogens is 362 g/mol. The van der Waals surface area contributed by atoms with Gasteiger partial charge in [-0.1, -0.05) is 37.3 Å². The van der Waals surface area contributed by atoms with Gasteiger partial charge in [-0.05, 0) is 36.8 Å². The second-order valence-electron chi connectivity index (χ2n) is 6.46. The third-order valence-corrected chi connectivity index (χ3v) is 4.31. The summed E-state index contributed by atoms with van der Waals surface area (Å²) < 4.78 is 5.90. The number of hydrogen-bond donors (Lipinski definition) is 2. The molecule has 2 heterocycles. The lowest BCUT2D eigenvalue weighted by Gasteiger charge is -2.10. The van der Waals surface area contributed by atoms with E-state index in [1.807, 2.05) is 66.7 Å². The molecule has 2 aromatic carbocycles. The number of nitrogens with zero attached hydrogens (tertiary/aromatic N) is 3. The minimum Gasteiger partial charge on any atom is -0.457 e. The highest BCUT2D eigenvalue weighted by Crippen LogP contribution is 2.25. The SMILES string of the molecule is CCc1cc(Oc2ccc(Nc3nc(N)cc(-c4ccccc4)n3)cc2)ccn1. The number of rotatable bonds is 6. The highest BCUT2D eigenvalue weighted by molar-refractivity contribution is 5.65. The van der Waals surface area contributed by atoms with Gasteiger partial charge in [0.1, 0.15) is 17.3 Å². The Hall–Kier alpha value is -3.93. The van der Waals surface area contributed by atoms with Crippen molar-refractivity contribution in [2.24, 2.45) is 0 Å². The first-order valence-electron chi connectivity index (χ1n) is 9.39. The van der Waals surface area contributed by atoms with Crippen LogP contribution in [-0.4, -0.2) is 15.0 Å². The third-order valence-electron chi connectivity index (χ3n) is 4.31. The molecular formula is C23H21N5O. The quantitative estimate of drug-likeness (QED) is 0.475. The molecule has 0 aliphatic heterocycles. The second kappa shape index (κ2) is 8.39. The van der Waals surface area contributed by atoms with Crippen LogP contribution < -0.4 is 15.8 Å². The van der Waals surface area contributed by atoms with Crippen LogP contribution >= 0.6 is 0 Å². The van der Waals surface area contributed by atoms with Crippen molar-refractivity contribution in [3.63, 3.8) is 0 Å². The van der Waals surface area contributed by atoms with Crippen LogP contribution in [0.3, 0.4) is 0 Å². The Morgan fingerprint density at radius 3 is 2.45 bits per heavy atom. The summed E-state index contributed by atoms with van der Waals surface area (Å²) >= 11 is 0. The molecule has 0 saturated heterocycles. The third kappa shape index (κ3) is 4.68. The van der Waals surface area contributed by atoms with Gasteiger partial charge in [-0.25, -0.2) is 4.98 Å². The van der Waals surface area contributed by atoms with Crippen LogP contribution in [0.5, 0.6) is 11.5 Å². The molecule has 6 nitrogen and oxygen atoms in total. The largest absolute Gasteiger partial charge is 0.457 e. The Bertz CT molecular complexity index is 1100. The van der Waals surface area contributed by atoms with Gasteiger partial charge in [-0.2, -0.15) is 4.98 Å². The number of nitrogen functional groups attached to an aromatic ring is 1. The minimum absolute atomic E-state index is 0.408. The van der Waals surface area contributed by atoms with Gasteiger partial charge in [-0.15, -0.1) is 0 Å². The summed E-state index contributed by atoms with van der Waals surface area (Å²) in [4.78, 5) is 13.1. The molecule has 0 unspecified atom stereocenters. The molecule has 0 saturated carbocycles. The molecule has 0 amide bonds. The van der Waals surface area contributed by atoms with Crippen molar-refractivity contribution in [3.8, 4) is 22.8 Å². The van der Waals surface area contributed by atoms with E-state index < -0.39 is 0 Å². The zero-order valence-corrected chi connectivity index (χ0v) is 16.0. The van der Waals surface area contributed by atoms with Crippen LogP contribution in [0.15, 0.2) is 79.0 Å². The van der Waals surface area contributed by atoms with Crippen LogP contribution in [0.2, 0.25) is 0 Å². The van der Waals surface area contributed by atoms with Gasteiger partial charge in [0.2, 0.25) is 5.95 Å². The standard InChI is InChI=1S/C23H21N5O/c1-2-17-14-20(12-13-25-17)29-19-10-8-18(9-11-19)26-23-27-21(15-22(24)28-23)16-6-4-3-5-7-16/h3-15H,2H2,1H3,(H3,24,26,27,28). The van der Waals surface area contributed by atoms with Gasteiger partial charge in [0, 0.05) is 35.3 Å². The first-order valence-corrected chi connectivity index (χ1v) is 9.39. The van der Waals surface area contributed by atoms with Crippen LogP contribution in [0, 0.1) is 0 Å². The summed E-state index contributed by atoms with van der Waals surface area (Å²) in [7, 11) is 0. The number of hydrogen-bond acceptors (Lipinski definition) is 6. The van der Waals surface area contributed by atoms with Crippen molar-refractivity contribution in [3.05, 3.63) is 84.7 Å². The molecule has 6 heteroatoms. The maximum Gasteiger partial charge on any atom is 0.229 e. The molecule has 2 aromatic heterocycles. The predicted octanol–water partition coefficient (Wildman–Crippen LogP) is 5.22. The lowest BCUT2D eigenvalue weighted by atomic mass is 10.1. The van der Waals surface area contributed by atoms with Crippen LogP contribution in [0.4, 0.5) is 17.5 Å². The lowest BCUT2D eigenvalue weighted by molar-refractivity contribution is 0.481. The molecule has 0 aliphatic carbocycles. The van der Waals surface area contributed by atoms with E-state index >= 15 is 0 Å². The smallest absolute Gasteiger partial charge is 0.229 e. The van der Waals surface area contributed by atoms with Gasteiger partial charge in [0.05, 0.1) is 5.69 Å². The van der Waals surface area contributed by atoms with E-state index in [2.05, 4.69) is 27.2 Å². The van der Waals surface area contributed by atoms with Crippen molar-refractivity contribution in [2.45, 2.75) is 13.3 Å². The average Bonchev–Trinajstić information content (AvgIpc) is 2.75. The summed E-state index contributed by atoms with van der Waals surface area (Å²) in [6.07, 6.45) is 2.62. The molecule has 144 valence electrons. The van der Waals surface area contributed by atoms with Crippen LogP contribution in [0.25, 0.3) is 11.3 Å². The summed E-state index contributed by atoms with van der Waals surface area (Å²) in [5.74, 6) is 2.36. The highest BCUT2D eigenvalue weighted by atomic mass is 16.5. The lowest BCUT2D eigenvalue weighted by Crippen LogP contribution is -2.01. The molecule has 3 N–H and O–H groups in total. The molecule has 29 heavy (non-hydrogen) atoms. The summed E-state index contributed by atoms with van der Waals surface area (Å²) in [5.41, 5.74) is 9.55. The summed E-state index contributed by atoms with van der Waals surface area (Å²) in [5, 5.41) is 3.20. The van der Waals surface area contributed by atoms with Gasteiger partial charge in [0.15, 0.2) is 0 Å². The number of nitrogens with one attached hydrogen (secondary N) is 1. The zero-order valence-electron chi connectivity index (χ0n) is 16.0. The van der Waals surface area contributed by atoms with Crippen molar-refractivity contribution in [1.82, 2.24) is 15.0 Å². The first kappa shape index (κ1) is 18.4. The number of anilines is 3. The number of nitrogens with two attached hydrogens (primary N) is 1. The fourth-order valence-corrected chi connectivity index (χ4v) is 2.86. The van der Waals surface area contributed by atoms with E-state index in [1.54, 1.807) is 12.3 Å². The van der Waals surface area contributed by atoms with E-state index in [0.29, 0.717) is 11.8 Å². The van der Waals surface area contributed by atoms with Gasteiger partial charge >= 0.3 is 0 Å². The fourth-order valence-electron chi connectivity index (χ4n) is 2.86. The fraction of sp³-hybridized carbons (Fsp3) is 0.0870. The van der Waals surface area contributed by atoms with Crippen molar-refractivity contribution in [2.75, 3.05) is 11.1 Å². The zero-order chi connectivity index (χ0) is 20.1. The minimum atomic E-state index is 0.408. The van der Waals surface area contributed by atoms with Crippen molar-refractivity contribution >= 4 is 17.5 Å². The van der Waals surface area contributed by atoms with E-state index in [4.69, 9.17) is 10.5 Å². The van der Waals surface area contributed by atoms with Crippen LogP contribution in [0.1, 0.15) is 12.6 Å². The van der Waals surface area contributed by atoms with Gasteiger partial charge in [0.25, 0.3) is 0 Å². The van der Waals surface area contributed by atoms with E-state index in [0.717, 1.165) is 40.6 Å². The molecule has 0 bridgehead atoms. The molecule has 0 spiro atoms. The molecule has 4 aromatic rings. The number of aryl methyl sites for hydroxylation is 1. The Balaban J connectivity index is 1.49. The van der Waals surface area contributed by atoms with E-state index in [9.17, 15) is 0 Å². The Labute approximate surface area is 169 Å². The average molecular weight is 383 g/mol. The predicted molar refractivity (Wildman–Crippen MR) is 115 cm³/mol. The van der Waals surface area contributed by atoms with Gasteiger partial charge in [-0.3, -0.25) is 4.98 Å². The van der Waals surface area contributed by atoms with Crippen LogP contribution in [-0.2, 0) is 6.42 Å². The van der Waals surface area contributed by atoms with E-state index in [-0.39, 0.29) is 0 Å². The molecule has 0 atom stereocenters. The number of aromatic nitrogens is 3. The monoisotopic (exact) mass is 383 g/mol. The van der Waals surface area contributed by atoms with Gasteiger partial charge < -0.3 is 15.8 Å².